The first-order valence-corrected chi connectivity index (χ1v) is 5.75. The summed E-state index contributed by atoms with van der Waals surface area (Å²) in [6, 6.07) is 7.63. The van der Waals surface area contributed by atoms with E-state index in [2.05, 4.69) is 0 Å². The smallest absolute Gasteiger partial charge is 0.119 e. The number of benzene rings is 1. The molecule has 1 aromatic rings. The van der Waals surface area contributed by atoms with Gasteiger partial charge in [0.05, 0.1) is 11.1 Å². The SMILES string of the molecule is CSC(=N)c1ccc(OC(C)C)cc1. The van der Waals surface area contributed by atoms with Gasteiger partial charge in [-0.15, -0.1) is 11.8 Å². The predicted molar refractivity (Wildman–Crippen MR) is 62.5 cm³/mol. The maximum atomic E-state index is 7.61. The van der Waals surface area contributed by atoms with Crippen LogP contribution in [0.25, 0.3) is 0 Å². The van der Waals surface area contributed by atoms with E-state index in [1.807, 2.05) is 44.4 Å². The summed E-state index contributed by atoms with van der Waals surface area (Å²) in [5, 5.41) is 8.20. The third-order valence-corrected chi connectivity index (χ3v) is 2.34. The van der Waals surface area contributed by atoms with Gasteiger partial charge in [0.1, 0.15) is 5.75 Å². The van der Waals surface area contributed by atoms with E-state index in [9.17, 15) is 0 Å². The van der Waals surface area contributed by atoms with E-state index in [4.69, 9.17) is 10.1 Å². The molecule has 14 heavy (non-hydrogen) atoms. The first-order chi connectivity index (χ1) is 6.63. The monoisotopic (exact) mass is 209 g/mol. The number of rotatable bonds is 3. The molecule has 3 heteroatoms. The van der Waals surface area contributed by atoms with Gasteiger partial charge in [0.25, 0.3) is 0 Å². The third kappa shape index (κ3) is 3.07. The van der Waals surface area contributed by atoms with E-state index in [0.717, 1.165) is 11.3 Å². The Balaban J connectivity index is 2.73. The molecule has 0 bridgehead atoms. The summed E-state index contributed by atoms with van der Waals surface area (Å²) in [5.74, 6) is 0.859. The lowest BCUT2D eigenvalue weighted by atomic mass is 10.2. The average molecular weight is 209 g/mol. The van der Waals surface area contributed by atoms with Crippen LogP contribution in [0.1, 0.15) is 19.4 Å². The van der Waals surface area contributed by atoms with Gasteiger partial charge in [-0.25, -0.2) is 0 Å². The number of hydrogen-bond acceptors (Lipinski definition) is 3. The molecule has 0 aliphatic heterocycles. The van der Waals surface area contributed by atoms with Crippen molar-refractivity contribution in [1.82, 2.24) is 0 Å². The van der Waals surface area contributed by atoms with E-state index in [-0.39, 0.29) is 6.10 Å². The molecule has 0 saturated heterocycles. The van der Waals surface area contributed by atoms with Crippen molar-refractivity contribution >= 4 is 16.8 Å². The highest BCUT2D eigenvalue weighted by Crippen LogP contribution is 2.16. The minimum absolute atomic E-state index is 0.195. The Labute approximate surface area is 89.2 Å². The highest BCUT2D eigenvalue weighted by Gasteiger charge is 2.00. The molecule has 1 N–H and O–H groups in total. The summed E-state index contributed by atoms with van der Waals surface area (Å²) in [7, 11) is 0. The Morgan fingerprint density at radius 2 is 1.86 bits per heavy atom. The lowest BCUT2D eigenvalue weighted by Crippen LogP contribution is -2.05. The Morgan fingerprint density at radius 3 is 2.29 bits per heavy atom. The number of nitrogens with one attached hydrogen (secondary N) is 1. The van der Waals surface area contributed by atoms with E-state index in [1.54, 1.807) is 0 Å². The summed E-state index contributed by atoms with van der Waals surface area (Å²) in [4.78, 5) is 0. The normalized spacial score (nSPS) is 10.3. The molecule has 1 rings (SSSR count). The van der Waals surface area contributed by atoms with Crippen molar-refractivity contribution in [1.29, 1.82) is 5.41 Å². The van der Waals surface area contributed by atoms with Crippen molar-refractivity contribution in [2.45, 2.75) is 20.0 Å². The second kappa shape index (κ2) is 5.05. The van der Waals surface area contributed by atoms with E-state index in [1.165, 1.54) is 11.8 Å². The molecule has 2 nitrogen and oxygen atoms in total. The van der Waals surface area contributed by atoms with Crippen LogP contribution in [0.3, 0.4) is 0 Å². The molecule has 0 heterocycles. The van der Waals surface area contributed by atoms with Gasteiger partial charge < -0.3 is 4.74 Å². The molecule has 0 aromatic heterocycles. The fourth-order valence-electron chi connectivity index (χ4n) is 1.07. The Kier molecular flexibility index (Phi) is 4.01. The first-order valence-electron chi connectivity index (χ1n) is 4.53. The fraction of sp³-hybridized carbons (Fsp3) is 0.364. The van der Waals surface area contributed by atoms with Crippen LogP contribution in [-0.2, 0) is 0 Å². The highest BCUT2D eigenvalue weighted by molar-refractivity contribution is 8.13. The van der Waals surface area contributed by atoms with E-state index in [0.29, 0.717) is 5.04 Å². The molecule has 0 fully saturated rings. The largest absolute Gasteiger partial charge is 0.491 e. The summed E-state index contributed by atoms with van der Waals surface area (Å²) in [6.45, 7) is 4.00. The van der Waals surface area contributed by atoms with Crippen molar-refractivity contribution < 1.29 is 4.74 Å². The zero-order valence-corrected chi connectivity index (χ0v) is 9.52. The van der Waals surface area contributed by atoms with Crippen LogP contribution in [0.4, 0.5) is 0 Å². The van der Waals surface area contributed by atoms with Crippen LogP contribution in [0.15, 0.2) is 24.3 Å². The van der Waals surface area contributed by atoms with Crippen molar-refractivity contribution in [2.24, 2.45) is 0 Å². The molecular weight excluding hydrogens is 194 g/mol. The molecule has 0 aliphatic carbocycles. The van der Waals surface area contributed by atoms with Crippen LogP contribution >= 0.6 is 11.8 Å². The van der Waals surface area contributed by atoms with E-state index >= 15 is 0 Å². The molecular formula is C11H15NOS. The number of hydrogen-bond donors (Lipinski definition) is 1. The van der Waals surface area contributed by atoms with Crippen molar-refractivity contribution in [2.75, 3.05) is 6.26 Å². The van der Waals surface area contributed by atoms with Gasteiger partial charge in [-0.2, -0.15) is 0 Å². The maximum Gasteiger partial charge on any atom is 0.119 e. The van der Waals surface area contributed by atoms with Gasteiger partial charge in [-0.3, -0.25) is 5.41 Å². The Hall–Kier alpha value is -0.960. The van der Waals surface area contributed by atoms with Crippen LogP contribution in [0, 0.1) is 5.41 Å². The molecule has 76 valence electrons. The lowest BCUT2D eigenvalue weighted by molar-refractivity contribution is 0.242. The lowest BCUT2D eigenvalue weighted by Gasteiger charge is -2.09. The molecule has 0 aliphatic rings. The standard InChI is InChI=1S/C11H15NOS/c1-8(2)13-10-6-4-9(5-7-10)11(12)14-3/h4-8,12H,1-3H3. The molecule has 0 unspecified atom stereocenters. The Morgan fingerprint density at radius 1 is 1.29 bits per heavy atom. The molecule has 1 aromatic carbocycles. The second-order valence-electron chi connectivity index (χ2n) is 3.22. The molecule has 0 amide bonds. The topological polar surface area (TPSA) is 33.1 Å². The summed E-state index contributed by atoms with van der Waals surface area (Å²) < 4.78 is 5.51. The molecule has 0 saturated carbocycles. The summed E-state index contributed by atoms with van der Waals surface area (Å²) in [5.41, 5.74) is 0.939. The van der Waals surface area contributed by atoms with Gasteiger partial charge in [0.15, 0.2) is 0 Å². The van der Waals surface area contributed by atoms with Crippen LogP contribution in [0.5, 0.6) is 5.75 Å². The fourth-order valence-corrected chi connectivity index (χ4v) is 1.45. The second-order valence-corrected chi connectivity index (χ2v) is 4.04. The van der Waals surface area contributed by atoms with Crippen molar-refractivity contribution in [3.05, 3.63) is 29.8 Å². The minimum atomic E-state index is 0.195. The van der Waals surface area contributed by atoms with Gasteiger partial charge in [0, 0.05) is 5.56 Å². The molecule has 0 spiro atoms. The molecule has 0 radical (unpaired) electrons. The summed E-state index contributed by atoms with van der Waals surface area (Å²) >= 11 is 1.44. The van der Waals surface area contributed by atoms with Gasteiger partial charge in [0.2, 0.25) is 0 Å². The quantitative estimate of drug-likeness (QED) is 0.612. The van der Waals surface area contributed by atoms with Crippen LogP contribution in [0.2, 0.25) is 0 Å². The molecule has 0 atom stereocenters. The number of ether oxygens (including phenoxy) is 1. The van der Waals surface area contributed by atoms with Crippen LogP contribution < -0.4 is 4.74 Å². The van der Waals surface area contributed by atoms with Gasteiger partial charge in [-0.05, 0) is 44.4 Å². The van der Waals surface area contributed by atoms with Gasteiger partial charge >= 0.3 is 0 Å². The maximum absolute atomic E-state index is 7.61. The number of thioether (sulfide) groups is 1. The third-order valence-electron chi connectivity index (χ3n) is 1.69. The minimum Gasteiger partial charge on any atom is -0.491 e. The average Bonchev–Trinajstić information content (AvgIpc) is 2.17. The highest BCUT2D eigenvalue weighted by atomic mass is 32.2. The van der Waals surface area contributed by atoms with Crippen molar-refractivity contribution in [3.8, 4) is 5.75 Å². The summed E-state index contributed by atoms with van der Waals surface area (Å²) in [6.07, 6.45) is 2.10. The first kappa shape index (κ1) is 11.1. The van der Waals surface area contributed by atoms with E-state index < -0.39 is 0 Å². The zero-order valence-electron chi connectivity index (χ0n) is 8.70. The Bertz CT molecular complexity index is 306. The van der Waals surface area contributed by atoms with Crippen LogP contribution in [-0.4, -0.2) is 17.4 Å². The van der Waals surface area contributed by atoms with Gasteiger partial charge in [-0.1, -0.05) is 0 Å². The predicted octanol–water partition coefficient (Wildman–Crippen LogP) is 3.16. The zero-order chi connectivity index (χ0) is 10.6. The van der Waals surface area contributed by atoms with Crippen molar-refractivity contribution in [3.63, 3.8) is 0 Å².